The molecule has 0 spiro atoms. The summed E-state index contributed by atoms with van der Waals surface area (Å²) in [7, 11) is 0. The lowest BCUT2D eigenvalue weighted by molar-refractivity contribution is -0.139. The molecular weight excluding hydrogens is 190 g/mol. The van der Waals surface area contributed by atoms with Gasteiger partial charge in [-0.05, 0) is 37.0 Å². The van der Waals surface area contributed by atoms with E-state index < -0.39 is 12.0 Å². The van der Waals surface area contributed by atoms with Gasteiger partial charge in [-0.15, -0.1) is 0 Å². The molecule has 0 bridgehead atoms. The molecule has 0 amide bonds. The minimum absolute atomic E-state index is 0.214. The lowest BCUT2D eigenvalue weighted by Crippen LogP contribution is -2.37. The highest BCUT2D eigenvalue weighted by molar-refractivity contribution is 5.73. The second-order valence-corrected chi connectivity index (χ2v) is 5.45. The number of carbonyl (C=O) groups is 1. The summed E-state index contributed by atoms with van der Waals surface area (Å²) in [5.41, 5.74) is 5.87. The molecule has 0 aromatic heterocycles. The van der Waals surface area contributed by atoms with E-state index in [-0.39, 0.29) is 5.41 Å². The fourth-order valence-corrected chi connectivity index (χ4v) is 3.04. The predicted molar refractivity (Wildman–Crippen MR) is 60.6 cm³/mol. The molecule has 0 aromatic rings. The van der Waals surface area contributed by atoms with Gasteiger partial charge < -0.3 is 10.8 Å². The zero-order chi connectivity index (χ0) is 11.5. The van der Waals surface area contributed by atoms with E-state index in [9.17, 15) is 4.79 Å². The molecule has 88 valence electrons. The molecule has 0 heterocycles. The summed E-state index contributed by atoms with van der Waals surface area (Å²) in [4.78, 5) is 10.8. The van der Waals surface area contributed by atoms with Gasteiger partial charge in [-0.2, -0.15) is 0 Å². The van der Waals surface area contributed by atoms with Crippen LogP contribution in [0.15, 0.2) is 0 Å². The predicted octanol–water partition coefficient (Wildman–Crippen LogP) is 2.39. The van der Waals surface area contributed by atoms with Crippen LogP contribution in [0.2, 0.25) is 0 Å². The molecule has 3 heteroatoms. The van der Waals surface area contributed by atoms with Crippen LogP contribution in [-0.4, -0.2) is 17.1 Å². The molecular formula is C12H23NO2. The monoisotopic (exact) mass is 213 g/mol. The normalized spacial score (nSPS) is 21.9. The van der Waals surface area contributed by atoms with Gasteiger partial charge in [0.25, 0.3) is 0 Å². The Hall–Kier alpha value is -0.570. The lowest BCUT2D eigenvalue weighted by Gasteiger charge is -2.32. The van der Waals surface area contributed by atoms with E-state index in [1.807, 2.05) is 0 Å². The van der Waals surface area contributed by atoms with Crippen LogP contribution in [0.5, 0.6) is 0 Å². The Morgan fingerprint density at radius 1 is 1.33 bits per heavy atom. The highest BCUT2D eigenvalue weighted by Gasteiger charge is 2.37. The van der Waals surface area contributed by atoms with Crippen molar-refractivity contribution in [3.8, 4) is 0 Å². The van der Waals surface area contributed by atoms with Crippen LogP contribution < -0.4 is 5.73 Å². The van der Waals surface area contributed by atoms with Crippen molar-refractivity contribution >= 4 is 5.97 Å². The van der Waals surface area contributed by atoms with E-state index in [1.165, 1.54) is 12.8 Å². The molecule has 0 aliphatic heterocycles. The Morgan fingerprint density at radius 2 is 1.87 bits per heavy atom. The maximum atomic E-state index is 10.8. The Labute approximate surface area is 92.0 Å². The van der Waals surface area contributed by atoms with Crippen molar-refractivity contribution < 1.29 is 9.90 Å². The summed E-state index contributed by atoms with van der Waals surface area (Å²) >= 11 is 0. The van der Waals surface area contributed by atoms with Gasteiger partial charge in [-0.3, -0.25) is 4.79 Å². The molecule has 1 aliphatic rings. The summed E-state index contributed by atoms with van der Waals surface area (Å²) in [6, 6.07) is -0.679. The van der Waals surface area contributed by atoms with Crippen molar-refractivity contribution in [2.45, 2.75) is 58.4 Å². The van der Waals surface area contributed by atoms with Crippen molar-refractivity contribution in [2.24, 2.45) is 17.1 Å². The summed E-state index contributed by atoms with van der Waals surface area (Å²) in [6.07, 6.45) is 6.56. The molecule has 3 nitrogen and oxygen atoms in total. The van der Waals surface area contributed by atoms with Crippen molar-refractivity contribution in [1.29, 1.82) is 0 Å². The van der Waals surface area contributed by atoms with Gasteiger partial charge in [-0.25, -0.2) is 0 Å². The van der Waals surface area contributed by atoms with E-state index in [1.54, 1.807) is 0 Å². The molecule has 1 aliphatic carbocycles. The van der Waals surface area contributed by atoms with Crippen molar-refractivity contribution in [2.75, 3.05) is 0 Å². The van der Waals surface area contributed by atoms with Crippen LogP contribution in [-0.2, 0) is 4.79 Å². The minimum atomic E-state index is -0.856. The zero-order valence-corrected chi connectivity index (χ0v) is 9.83. The Balaban J connectivity index is 2.60. The third-order valence-electron chi connectivity index (χ3n) is 3.48. The number of hydrogen-bond donors (Lipinski definition) is 2. The molecule has 3 N–H and O–H groups in total. The van der Waals surface area contributed by atoms with Crippen LogP contribution in [0.1, 0.15) is 52.4 Å². The largest absolute Gasteiger partial charge is 0.480 e. The number of aliphatic carboxylic acids is 1. The van der Waals surface area contributed by atoms with Crippen molar-refractivity contribution in [1.82, 2.24) is 0 Å². The average molecular weight is 213 g/mol. The Morgan fingerprint density at radius 3 is 2.27 bits per heavy atom. The van der Waals surface area contributed by atoms with Gasteiger partial charge in [0.05, 0.1) is 0 Å². The molecule has 1 unspecified atom stereocenters. The van der Waals surface area contributed by atoms with E-state index in [0.717, 1.165) is 19.3 Å². The third kappa shape index (κ3) is 3.49. The summed E-state index contributed by atoms with van der Waals surface area (Å²) in [6.45, 7) is 4.40. The van der Waals surface area contributed by atoms with Crippen molar-refractivity contribution in [3.63, 3.8) is 0 Å². The minimum Gasteiger partial charge on any atom is -0.480 e. The first-order valence-corrected chi connectivity index (χ1v) is 5.94. The smallest absolute Gasteiger partial charge is 0.320 e. The summed E-state index contributed by atoms with van der Waals surface area (Å²) < 4.78 is 0. The number of hydrogen-bond acceptors (Lipinski definition) is 2. The van der Waals surface area contributed by atoms with Gasteiger partial charge in [0, 0.05) is 0 Å². The number of carboxylic acids is 1. The third-order valence-corrected chi connectivity index (χ3v) is 3.48. The molecule has 0 radical (unpaired) electrons. The molecule has 1 atom stereocenters. The maximum Gasteiger partial charge on any atom is 0.320 e. The van der Waals surface area contributed by atoms with Crippen LogP contribution in [0.25, 0.3) is 0 Å². The van der Waals surface area contributed by atoms with E-state index in [2.05, 4.69) is 13.8 Å². The fourth-order valence-electron chi connectivity index (χ4n) is 3.04. The quantitative estimate of drug-likeness (QED) is 0.737. The number of carboxylic acid groups (broad SMARTS) is 1. The Kier molecular flexibility index (Phi) is 4.14. The molecule has 1 rings (SSSR count). The first-order valence-electron chi connectivity index (χ1n) is 5.94. The SMILES string of the molecule is CC(C)CC1(CC(N)C(=O)O)CCCC1. The zero-order valence-electron chi connectivity index (χ0n) is 9.83. The molecule has 1 fully saturated rings. The second kappa shape index (κ2) is 4.97. The van der Waals surface area contributed by atoms with Crippen LogP contribution in [0.4, 0.5) is 0 Å². The standard InChI is InChI=1S/C12H23NO2/c1-9(2)7-12(5-3-4-6-12)8-10(13)11(14)15/h9-10H,3-8,13H2,1-2H3,(H,14,15). The first kappa shape index (κ1) is 12.5. The van der Waals surface area contributed by atoms with E-state index >= 15 is 0 Å². The Bertz CT molecular complexity index is 220. The molecule has 0 aromatic carbocycles. The summed E-state index contributed by atoms with van der Waals surface area (Å²) in [5.74, 6) is -0.228. The first-order chi connectivity index (χ1) is 6.95. The topological polar surface area (TPSA) is 63.3 Å². The van der Waals surface area contributed by atoms with Gasteiger partial charge in [0.1, 0.15) is 6.04 Å². The van der Waals surface area contributed by atoms with E-state index in [0.29, 0.717) is 12.3 Å². The fraction of sp³-hybridized carbons (Fsp3) is 0.917. The number of rotatable bonds is 5. The van der Waals surface area contributed by atoms with Crippen LogP contribution >= 0.6 is 0 Å². The molecule has 15 heavy (non-hydrogen) atoms. The van der Waals surface area contributed by atoms with Crippen LogP contribution in [0.3, 0.4) is 0 Å². The highest BCUT2D eigenvalue weighted by Crippen LogP contribution is 2.46. The molecule has 0 saturated heterocycles. The summed E-state index contributed by atoms with van der Waals surface area (Å²) in [5, 5.41) is 8.87. The lowest BCUT2D eigenvalue weighted by atomic mass is 9.74. The van der Waals surface area contributed by atoms with Gasteiger partial charge in [-0.1, -0.05) is 26.7 Å². The second-order valence-electron chi connectivity index (χ2n) is 5.45. The highest BCUT2D eigenvalue weighted by atomic mass is 16.4. The maximum absolute atomic E-state index is 10.8. The van der Waals surface area contributed by atoms with Gasteiger partial charge >= 0.3 is 5.97 Å². The van der Waals surface area contributed by atoms with Gasteiger partial charge in [0.2, 0.25) is 0 Å². The molecule has 1 saturated carbocycles. The number of nitrogens with two attached hydrogens (primary N) is 1. The van der Waals surface area contributed by atoms with Crippen molar-refractivity contribution in [3.05, 3.63) is 0 Å². The van der Waals surface area contributed by atoms with Gasteiger partial charge in [0.15, 0.2) is 0 Å². The van der Waals surface area contributed by atoms with Crippen LogP contribution in [0, 0.1) is 11.3 Å². The average Bonchev–Trinajstić information content (AvgIpc) is 2.51. The van der Waals surface area contributed by atoms with E-state index in [4.69, 9.17) is 10.8 Å².